The number of nitrogens with zero attached hydrogens (tertiary/aromatic N) is 1. The van der Waals surface area contributed by atoms with Gasteiger partial charge in [0.15, 0.2) is 5.79 Å². The zero-order valence-electron chi connectivity index (χ0n) is 12.9. The van der Waals surface area contributed by atoms with Gasteiger partial charge in [-0.3, -0.25) is 0 Å². The summed E-state index contributed by atoms with van der Waals surface area (Å²) in [5.74, 6) is -0.567. The predicted molar refractivity (Wildman–Crippen MR) is 74.8 cm³/mol. The molecule has 1 aliphatic rings. The first-order chi connectivity index (χ1) is 8.49. The second-order valence-electron chi connectivity index (χ2n) is 6.40. The maximum Gasteiger partial charge on any atom is 0.405 e. The summed E-state index contributed by atoms with van der Waals surface area (Å²) in [7, 11) is 3.45. The smallest absolute Gasteiger partial charge is 0.348 e. The van der Waals surface area contributed by atoms with Gasteiger partial charge in [-0.15, -0.1) is 0 Å². The third-order valence-electron chi connectivity index (χ3n) is 2.66. The Balaban J connectivity index is 2.23. The van der Waals surface area contributed by atoms with Crippen LogP contribution in [0.1, 0.15) is 13.8 Å². The average Bonchev–Trinajstić information content (AvgIpc) is 2.53. The molecule has 7 heteroatoms. The van der Waals surface area contributed by atoms with Crippen LogP contribution >= 0.6 is 7.94 Å². The third kappa shape index (κ3) is 7.51. The monoisotopic (exact) mass is 297 g/mol. The van der Waals surface area contributed by atoms with Crippen molar-refractivity contribution in [2.75, 3.05) is 54.2 Å². The van der Waals surface area contributed by atoms with Gasteiger partial charge in [0.05, 0.1) is 27.7 Å². The van der Waals surface area contributed by atoms with Crippen molar-refractivity contribution in [2.45, 2.75) is 25.7 Å². The van der Waals surface area contributed by atoms with Crippen LogP contribution in [0, 0.1) is 0 Å². The van der Waals surface area contributed by atoms with E-state index in [2.05, 4.69) is 21.1 Å². The molecule has 19 heavy (non-hydrogen) atoms. The van der Waals surface area contributed by atoms with Crippen LogP contribution in [-0.4, -0.2) is 75.4 Å². The van der Waals surface area contributed by atoms with Crippen molar-refractivity contribution in [3.63, 3.8) is 0 Å². The second kappa shape index (κ2) is 6.31. The van der Waals surface area contributed by atoms with Crippen molar-refractivity contribution in [3.8, 4) is 0 Å². The molecule has 1 fully saturated rings. The van der Waals surface area contributed by atoms with Crippen LogP contribution in [0.4, 0.5) is 0 Å². The molecule has 6 nitrogen and oxygen atoms in total. The molecule has 114 valence electrons. The number of ether oxygens (including phenoxy) is 2. The van der Waals surface area contributed by atoms with E-state index in [9.17, 15) is 4.89 Å². The van der Waals surface area contributed by atoms with Crippen LogP contribution < -0.4 is 0 Å². The third-order valence-corrected chi connectivity index (χ3v) is 3.95. The molecule has 0 aromatic rings. The maximum absolute atomic E-state index is 10.1. The van der Waals surface area contributed by atoms with Gasteiger partial charge >= 0.3 is 7.94 Å². The van der Waals surface area contributed by atoms with Crippen LogP contribution in [0.2, 0.25) is 0 Å². The highest BCUT2D eigenvalue weighted by molar-refractivity contribution is 7.59. The Hall–Kier alpha value is 0.190. The van der Waals surface area contributed by atoms with E-state index in [-0.39, 0.29) is 12.7 Å². The van der Waals surface area contributed by atoms with Crippen LogP contribution in [-0.2, 0) is 18.5 Å². The minimum absolute atomic E-state index is 0.150. The molecule has 0 aromatic heterocycles. The van der Waals surface area contributed by atoms with Crippen molar-refractivity contribution < 1.29 is 27.9 Å². The maximum atomic E-state index is 10.1. The largest absolute Gasteiger partial charge is 0.405 e. The quantitative estimate of drug-likeness (QED) is 0.566. The predicted octanol–water partition coefficient (Wildman–Crippen LogP) is 1.26. The van der Waals surface area contributed by atoms with Crippen molar-refractivity contribution in [3.05, 3.63) is 0 Å². The fourth-order valence-electron chi connectivity index (χ4n) is 1.59. The molecule has 2 atom stereocenters. The zero-order valence-corrected chi connectivity index (χ0v) is 13.8. The standard InChI is InChI=1S/C12H28NO5P/c1-12(2)15-9-11(18-12)10-17-19(6,14)16-8-7-13(3,4)5/h11,14H,7-10H2,1-6H3/q+2. The molecule has 1 rings (SSSR count). The fourth-order valence-corrected chi connectivity index (χ4v) is 2.53. The molecular weight excluding hydrogens is 269 g/mol. The van der Waals surface area contributed by atoms with Gasteiger partial charge in [0, 0.05) is 0 Å². The highest BCUT2D eigenvalue weighted by atomic mass is 31.2. The van der Waals surface area contributed by atoms with Crippen molar-refractivity contribution in [2.24, 2.45) is 0 Å². The Morgan fingerprint density at radius 3 is 2.42 bits per heavy atom. The minimum Gasteiger partial charge on any atom is -0.348 e. The summed E-state index contributed by atoms with van der Waals surface area (Å²) in [6.45, 7) is 7.37. The fraction of sp³-hybridized carbons (Fsp3) is 1.00. The molecule has 1 N–H and O–H groups in total. The van der Waals surface area contributed by atoms with Gasteiger partial charge in [-0.25, -0.2) is 0 Å². The lowest BCUT2D eigenvalue weighted by molar-refractivity contribution is -0.870. The van der Waals surface area contributed by atoms with Crippen LogP contribution in [0.3, 0.4) is 0 Å². The molecule has 2 unspecified atom stereocenters. The topological polar surface area (TPSA) is 57.2 Å². The number of rotatable bonds is 7. The lowest BCUT2D eigenvalue weighted by Crippen LogP contribution is -2.37. The molecule has 1 aliphatic heterocycles. The molecule has 1 saturated heterocycles. The van der Waals surface area contributed by atoms with Gasteiger partial charge in [0.2, 0.25) is 0 Å². The van der Waals surface area contributed by atoms with E-state index in [0.29, 0.717) is 13.2 Å². The Bertz CT molecular complexity index is 290. The Kier molecular flexibility index (Phi) is 5.72. The molecular formula is C12H28NO5P+2. The molecule has 0 bridgehead atoms. The van der Waals surface area contributed by atoms with Crippen LogP contribution in [0.5, 0.6) is 0 Å². The first-order valence-corrected chi connectivity index (χ1v) is 8.52. The zero-order chi connectivity index (χ0) is 14.7. The van der Waals surface area contributed by atoms with Gasteiger partial charge in [-0.05, 0) is 13.8 Å². The van der Waals surface area contributed by atoms with E-state index in [1.165, 1.54) is 0 Å². The molecule has 0 radical (unpaired) electrons. The van der Waals surface area contributed by atoms with Crippen molar-refractivity contribution in [1.29, 1.82) is 0 Å². The Labute approximate surface area is 116 Å². The van der Waals surface area contributed by atoms with E-state index in [4.69, 9.17) is 18.5 Å². The lowest BCUT2D eigenvalue weighted by atomic mass is 10.4. The summed E-state index contributed by atoms with van der Waals surface area (Å²) in [5, 5.41) is 0. The summed E-state index contributed by atoms with van der Waals surface area (Å²) >= 11 is 0. The van der Waals surface area contributed by atoms with Crippen molar-refractivity contribution in [1.82, 2.24) is 0 Å². The molecule has 0 saturated carbocycles. The lowest BCUT2D eigenvalue weighted by Gasteiger charge is -2.24. The van der Waals surface area contributed by atoms with E-state index >= 15 is 0 Å². The normalized spacial score (nSPS) is 26.4. The Morgan fingerprint density at radius 1 is 1.32 bits per heavy atom. The second-order valence-corrected chi connectivity index (χ2v) is 8.52. The van der Waals surface area contributed by atoms with Crippen molar-refractivity contribution >= 4 is 7.94 Å². The highest BCUT2D eigenvalue weighted by Gasteiger charge is 2.39. The number of likely N-dealkylation sites (N-methyl/N-ethyl adjacent to an activating group) is 1. The van der Waals surface area contributed by atoms with Gasteiger partial charge in [0.25, 0.3) is 0 Å². The summed E-state index contributed by atoms with van der Waals surface area (Å²) in [6.07, 6.45) is -0.150. The van der Waals surface area contributed by atoms with E-state index in [1.54, 1.807) is 6.66 Å². The minimum atomic E-state index is -2.77. The van der Waals surface area contributed by atoms with E-state index in [1.807, 2.05) is 13.8 Å². The molecule has 0 spiro atoms. The number of hydrogen-bond acceptors (Lipinski definition) is 5. The van der Waals surface area contributed by atoms with Gasteiger partial charge < -0.3 is 14.0 Å². The SMILES string of the molecule is CC1(C)OCC(CO[P+](C)(O)OCC[N+](C)(C)C)O1. The van der Waals surface area contributed by atoms with Gasteiger partial charge in [-0.1, -0.05) is 0 Å². The average molecular weight is 297 g/mol. The van der Waals surface area contributed by atoms with Crippen LogP contribution in [0.15, 0.2) is 0 Å². The van der Waals surface area contributed by atoms with E-state index < -0.39 is 13.7 Å². The van der Waals surface area contributed by atoms with Gasteiger partial charge in [-0.2, -0.15) is 13.9 Å². The number of quaternary nitrogens is 1. The van der Waals surface area contributed by atoms with Gasteiger partial charge in [0.1, 0.15) is 32.5 Å². The Morgan fingerprint density at radius 2 is 1.95 bits per heavy atom. The number of hydrogen-bond donors (Lipinski definition) is 1. The molecule has 0 aromatic carbocycles. The first-order valence-electron chi connectivity index (χ1n) is 6.50. The summed E-state index contributed by atoms with van der Waals surface area (Å²) in [6, 6.07) is 0. The summed E-state index contributed by atoms with van der Waals surface area (Å²) < 4.78 is 22.7. The molecule has 0 amide bonds. The van der Waals surface area contributed by atoms with E-state index in [0.717, 1.165) is 11.0 Å². The highest BCUT2D eigenvalue weighted by Crippen LogP contribution is 2.53. The summed E-state index contributed by atoms with van der Waals surface area (Å²) in [4.78, 5) is 10.1. The summed E-state index contributed by atoms with van der Waals surface area (Å²) in [5.41, 5.74) is 0. The molecule has 0 aliphatic carbocycles. The molecule has 1 heterocycles. The van der Waals surface area contributed by atoms with Crippen LogP contribution in [0.25, 0.3) is 0 Å². The first kappa shape index (κ1) is 17.2.